The molecule has 0 saturated carbocycles. The number of carbonyl (C=O) groups excluding carboxylic acids is 1. The van der Waals surface area contributed by atoms with Crippen molar-refractivity contribution >= 4 is 29.2 Å². The largest absolute Gasteiger partial charge is 0.417 e. The quantitative estimate of drug-likeness (QED) is 0.236. The van der Waals surface area contributed by atoms with Gasteiger partial charge in [-0.2, -0.15) is 18.4 Å². The van der Waals surface area contributed by atoms with Gasteiger partial charge < -0.3 is 9.64 Å². The Morgan fingerprint density at radius 3 is 2.52 bits per heavy atom. The molecular weight excluding hydrogens is 591 g/mol. The fraction of sp³-hybridized carbons (Fsp3) is 0.242. The number of aryl methyl sites for hydroxylation is 1. The topological polar surface area (TPSA) is 81.5 Å². The number of anilines is 2. The summed E-state index contributed by atoms with van der Waals surface area (Å²) in [7, 11) is 0. The molecule has 3 aromatic carbocycles. The van der Waals surface area contributed by atoms with E-state index in [1.165, 1.54) is 6.07 Å². The molecule has 0 atom stereocenters. The highest BCUT2D eigenvalue weighted by Gasteiger charge is 2.31. The molecule has 0 radical (unpaired) electrons. The van der Waals surface area contributed by atoms with E-state index >= 15 is 0 Å². The lowest BCUT2D eigenvalue weighted by Crippen LogP contribution is -2.31. The Morgan fingerprint density at radius 2 is 1.82 bits per heavy atom. The van der Waals surface area contributed by atoms with Crippen LogP contribution < -0.4 is 15.0 Å². The van der Waals surface area contributed by atoms with E-state index in [9.17, 15) is 18.0 Å². The van der Waals surface area contributed by atoms with Gasteiger partial charge in [0.25, 0.3) is 0 Å². The van der Waals surface area contributed by atoms with Crippen LogP contribution in [-0.2, 0) is 12.7 Å². The fourth-order valence-corrected chi connectivity index (χ4v) is 5.25. The molecule has 1 saturated heterocycles. The average molecular weight is 620 g/mol. The van der Waals surface area contributed by atoms with Crippen molar-refractivity contribution in [2.45, 2.75) is 26.1 Å². The van der Waals surface area contributed by atoms with E-state index in [2.05, 4.69) is 26.2 Å². The lowest BCUT2D eigenvalue weighted by molar-refractivity contribution is -0.137. The van der Waals surface area contributed by atoms with Crippen LogP contribution in [0.15, 0.2) is 79.0 Å². The zero-order chi connectivity index (χ0) is 31.3. The summed E-state index contributed by atoms with van der Waals surface area (Å²) in [6.07, 6.45) is -2.73. The lowest BCUT2D eigenvalue weighted by Gasteiger charge is -2.23. The average Bonchev–Trinajstić information content (AvgIpc) is 3.25. The molecule has 1 aliphatic heterocycles. The first kappa shape index (κ1) is 30.9. The second-order valence-corrected chi connectivity index (χ2v) is 10.9. The predicted octanol–water partition coefficient (Wildman–Crippen LogP) is 7.92. The minimum Gasteiger partial charge on any atom is -0.410 e. The Kier molecular flexibility index (Phi) is 9.37. The summed E-state index contributed by atoms with van der Waals surface area (Å²) < 4.78 is 45.1. The highest BCUT2D eigenvalue weighted by Crippen LogP contribution is 2.32. The van der Waals surface area contributed by atoms with Gasteiger partial charge in [0.2, 0.25) is 0 Å². The van der Waals surface area contributed by atoms with Gasteiger partial charge in [0, 0.05) is 37.7 Å². The van der Waals surface area contributed by atoms with E-state index in [4.69, 9.17) is 21.6 Å². The van der Waals surface area contributed by atoms with Crippen LogP contribution in [0.5, 0.6) is 5.75 Å². The minimum atomic E-state index is -4.42. The summed E-state index contributed by atoms with van der Waals surface area (Å²) >= 11 is 6.21. The van der Waals surface area contributed by atoms with Crippen LogP contribution in [-0.4, -0.2) is 42.2 Å². The molecule has 1 aliphatic rings. The molecule has 7 nitrogen and oxygen atoms in total. The highest BCUT2D eigenvalue weighted by atomic mass is 35.5. The Hall–Kier alpha value is -4.59. The summed E-state index contributed by atoms with van der Waals surface area (Å²) in [5.41, 5.74) is 3.57. The summed E-state index contributed by atoms with van der Waals surface area (Å²) in [6, 6.07) is 21.6. The molecule has 2 heterocycles. The first-order chi connectivity index (χ1) is 21.1. The van der Waals surface area contributed by atoms with Gasteiger partial charge in [-0.1, -0.05) is 29.8 Å². The van der Waals surface area contributed by atoms with Crippen LogP contribution in [0.2, 0.25) is 5.02 Å². The number of carbonyl (C=O) groups is 1. The number of benzene rings is 3. The van der Waals surface area contributed by atoms with Gasteiger partial charge in [-0.25, -0.2) is 9.78 Å². The first-order valence-corrected chi connectivity index (χ1v) is 14.4. The third-order valence-electron chi connectivity index (χ3n) is 7.42. The second-order valence-electron chi connectivity index (χ2n) is 10.5. The second kappa shape index (κ2) is 13.4. The number of nitriles is 1. The molecule has 44 heavy (non-hydrogen) atoms. The van der Waals surface area contributed by atoms with Crippen molar-refractivity contribution in [2.75, 3.05) is 36.4 Å². The molecule has 1 fully saturated rings. The maximum Gasteiger partial charge on any atom is 0.417 e. The Morgan fingerprint density at radius 1 is 1.02 bits per heavy atom. The Balaban J connectivity index is 1.16. The first-order valence-electron chi connectivity index (χ1n) is 14.0. The van der Waals surface area contributed by atoms with Crippen molar-refractivity contribution in [1.82, 2.24) is 9.88 Å². The number of amides is 1. The van der Waals surface area contributed by atoms with E-state index in [0.717, 1.165) is 47.6 Å². The third kappa shape index (κ3) is 7.67. The van der Waals surface area contributed by atoms with Gasteiger partial charge in [0.15, 0.2) is 0 Å². The standard InChI is InChI=1S/C33H29ClF3N5O2/c1-22-3-10-28(18-29(22)24-6-4-23(19-38)5-7-24)44-32(43)40-27-9-12-31(39-20-27)42-14-2-13-41(15-16-42)21-25-17-26(33(35,36)37)8-11-30(25)34/h3-12,17-18,20H,2,13-16,21H2,1H3,(H,40,43). The van der Waals surface area contributed by atoms with Crippen molar-refractivity contribution in [3.05, 3.63) is 106 Å². The van der Waals surface area contributed by atoms with Crippen LogP contribution in [0.3, 0.4) is 0 Å². The summed E-state index contributed by atoms with van der Waals surface area (Å²) in [6.45, 7) is 4.97. The zero-order valence-corrected chi connectivity index (χ0v) is 24.6. The Bertz CT molecular complexity index is 1670. The van der Waals surface area contributed by atoms with Crippen molar-refractivity contribution in [1.29, 1.82) is 5.26 Å². The maximum absolute atomic E-state index is 13.2. The summed E-state index contributed by atoms with van der Waals surface area (Å²) in [5.74, 6) is 1.10. The molecule has 0 spiro atoms. The van der Waals surface area contributed by atoms with E-state index in [1.54, 1.807) is 36.5 Å². The number of alkyl halides is 3. The minimum absolute atomic E-state index is 0.316. The molecule has 0 unspecified atom stereocenters. The number of nitrogens with one attached hydrogen (secondary N) is 1. The maximum atomic E-state index is 13.2. The van der Waals surface area contributed by atoms with E-state index in [0.29, 0.717) is 53.8 Å². The van der Waals surface area contributed by atoms with Gasteiger partial charge in [-0.05, 0) is 90.2 Å². The van der Waals surface area contributed by atoms with Crippen LogP contribution >= 0.6 is 11.6 Å². The van der Waals surface area contributed by atoms with Gasteiger partial charge in [-0.15, -0.1) is 0 Å². The molecule has 1 aromatic heterocycles. The van der Waals surface area contributed by atoms with Crippen molar-refractivity contribution in [2.24, 2.45) is 0 Å². The number of pyridine rings is 1. The molecule has 0 bridgehead atoms. The highest BCUT2D eigenvalue weighted by molar-refractivity contribution is 6.31. The molecule has 226 valence electrons. The predicted molar refractivity (Wildman–Crippen MR) is 164 cm³/mol. The number of ether oxygens (including phenoxy) is 1. The monoisotopic (exact) mass is 619 g/mol. The number of hydrogen-bond acceptors (Lipinski definition) is 6. The molecule has 1 N–H and O–H groups in total. The van der Waals surface area contributed by atoms with E-state index in [-0.39, 0.29) is 0 Å². The van der Waals surface area contributed by atoms with Crippen LogP contribution in [0.4, 0.5) is 29.5 Å². The van der Waals surface area contributed by atoms with Crippen molar-refractivity contribution < 1.29 is 22.7 Å². The van der Waals surface area contributed by atoms with Gasteiger partial charge in [0.1, 0.15) is 11.6 Å². The fourth-order valence-electron chi connectivity index (χ4n) is 5.07. The number of nitrogens with zero attached hydrogens (tertiary/aromatic N) is 4. The molecule has 4 aromatic rings. The number of rotatable bonds is 6. The molecule has 11 heteroatoms. The third-order valence-corrected chi connectivity index (χ3v) is 7.79. The van der Waals surface area contributed by atoms with Gasteiger partial charge in [0.05, 0.1) is 29.1 Å². The lowest BCUT2D eigenvalue weighted by atomic mass is 9.99. The summed E-state index contributed by atoms with van der Waals surface area (Å²) in [5, 5.41) is 12.1. The van der Waals surface area contributed by atoms with Crippen LogP contribution in [0.25, 0.3) is 11.1 Å². The Labute approximate surface area is 258 Å². The summed E-state index contributed by atoms with van der Waals surface area (Å²) in [4.78, 5) is 21.3. The van der Waals surface area contributed by atoms with Gasteiger partial charge >= 0.3 is 12.3 Å². The molecular formula is C33H29ClF3N5O2. The molecule has 0 aliphatic carbocycles. The SMILES string of the molecule is Cc1ccc(OC(=O)Nc2ccc(N3CCCN(Cc4cc(C(F)(F)F)ccc4Cl)CC3)nc2)cc1-c1ccc(C#N)cc1. The molecule has 1 amide bonds. The molecule has 5 rings (SSSR count). The smallest absolute Gasteiger partial charge is 0.410 e. The normalized spacial score (nSPS) is 14.0. The van der Waals surface area contributed by atoms with Crippen LogP contribution in [0.1, 0.15) is 28.7 Å². The van der Waals surface area contributed by atoms with Crippen LogP contribution in [0, 0.1) is 18.3 Å². The van der Waals surface area contributed by atoms with E-state index < -0.39 is 17.8 Å². The zero-order valence-electron chi connectivity index (χ0n) is 23.9. The van der Waals surface area contributed by atoms with Crippen molar-refractivity contribution in [3.8, 4) is 22.9 Å². The number of aromatic nitrogens is 1. The van der Waals surface area contributed by atoms with Crippen molar-refractivity contribution in [3.63, 3.8) is 0 Å². The number of halogens is 4. The number of hydrogen-bond donors (Lipinski definition) is 1. The van der Waals surface area contributed by atoms with E-state index in [1.807, 2.05) is 31.2 Å². The van der Waals surface area contributed by atoms with Gasteiger partial charge in [-0.3, -0.25) is 10.2 Å².